The van der Waals surface area contributed by atoms with Crippen molar-refractivity contribution in [3.63, 3.8) is 0 Å². The summed E-state index contributed by atoms with van der Waals surface area (Å²) in [5.41, 5.74) is 0.784. The molecule has 128 valence electrons. The lowest BCUT2D eigenvalue weighted by atomic mass is 10.2. The first-order chi connectivity index (χ1) is 11.4. The van der Waals surface area contributed by atoms with Crippen LogP contribution in [0.5, 0.6) is 0 Å². The number of amides is 1. The summed E-state index contributed by atoms with van der Waals surface area (Å²) in [5.74, 6) is 0.0907. The average Bonchev–Trinajstić information content (AvgIpc) is 3.16. The fraction of sp³-hybridized carbons (Fsp3) is 0.333. The van der Waals surface area contributed by atoms with Crippen molar-refractivity contribution in [2.45, 2.75) is 30.0 Å². The second-order valence-electron chi connectivity index (χ2n) is 5.49. The number of carbonyl (C=O) groups is 1. The largest absolute Gasteiger partial charge is 0.309 e. The third kappa shape index (κ3) is 3.53. The summed E-state index contributed by atoms with van der Waals surface area (Å²) in [6.45, 7) is 2.17. The zero-order chi connectivity index (χ0) is 17.3. The van der Waals surface area contributed by atoms with Crippen LogP contribution in [0, 0.1) is 6.92 Å². The van der Waals surface area contributed by atoms with Crippen LogP contribution in [-0.2, 0) is 14.8 Å². The number of nitrogens with one attached hydrogen (secondary N) is 1. The Labute approximate surface area is 153 Å². The zero-order valence-corrected chi connectivity index (χ0v) is 16.1. The molecule has 1 saturated heterocycles. The second kappa shape index (κ2) is 6.91. The Balaban J connectivity index is 1.81. The minimum absolute atomic E-state index is 0.239. The predicted octanol–water partition coefficient (Wildman–Crippen LogP) is 3.01. The Hall–Kier alpha value is -1.29. The van der Waals surface area contributed by atoms with Crippen LogP contribution >= 0.6 is 27.3 Å². The molecule has 2 aromatic rings. The fourth-order valence-corrected chi connectivity index (χ4v) is 6.46. The highest BCUT2D eigenvalue weighted by Crippen LogP contribution is 2.32. The number of halogens is 1. The smallest absolute Gasteiger partial charge is 0.253 e. The second-order valence-corrected chi connectivity index (χ2v) is 10.1. The molecule has 1 atom stereocenters. The van der Waals surface area contributed by atoms with Gasteiger partial charge in [-0.25, -0.2) is 13.4 Å². The van der Waals surface area contributed by atoms with Crippen molar-refractivity contribution >= 4 is 49.0 Å². The summed E-state index contributed by atoms with van der Waals surface area (Å²) in [7, 11) is -3.67. The molecule has 1 amide bonds. The third-order valence-corrected chi connectivity index (χ3v) is 7.76. The van der Waals surface area contributed by atoms with Gasteiger partial charge in [0.2, 0.25) is 5.91 Å². The van der Waals surface area contributed by atoms with E-state index in [9.17, 15) is 13.2 Å². The molecular weight excluding hydrogens is 414 g/mol. The van der Waals surface area contributed by atoms with Crippen LogP contribution in [0.1, 0.15) is 18.5 Å². The van der Waals surface area contributed by atoms with Gasteiger partial charge in [-0.3, -0.25) is 4.79 Å². The zero-order valence-electron chi connectivity index (χ0n) is 12.9. The van der Waals surface area contributed by atoms with Gasteiger partial charge in [-0.15, -0.1) is 11.3 Å². The molecule has 9 heteroatoms. The van der Waals surface area contributed by atoms with Gasteiger partial charge in [0, 0.05) is 12.2 Å². The minimum Gasteiger partial charge on any atom is -0.309 e. The first-order valence-corrected chi connectivity index (χ1v) is 10.4. The van der Waals surface area contributed by atoms with Gasteiger partial charge in [-0.1, -0.05) is 6.07 Å². The third-order valence-electron chi connectivity index (χ3n) is 3.76. The van der Waals surface area contributed by atoms with E-state index in [4.69, 9.17) is 0 Å². The van der Waals surface area contributed by atoms with Crippen LogP contribution in [0.2, 0.25) is 0 Å². The van der Waals surface area contributed by atoms with Gasteiger partial charge in [0.25, 0.3) is 10.0 Å². The van der Waals surface area contributed by atoms with Gasteiger partial charge in [-0.05, 0) is 60.0 Å². The average molecular weight is 430 g/mol. The molecule has 0 unspecified atom stereocenters. The molecule has 1 aliphatic rings. The van der Waals surface area contributed by atoms with E-state index in [1.807, 2.05) is 13.0 Å². The predicted molar refractivity (Wildman–Crippen MR) is 96.5 cm³/mol. The van der Waals surface area contributed by atoms with Crippen molar-refractivity contribution in [2.75, 3.05) is 11.9 Å². The lowest BCUT2D eigenvalue weighted by Gasteiger charge is -2.22. The minimum atomic E-state index is -3.67. The van der Waals surface area contributed by atoms with Crippen LogP contribution in [0.15, 0.2) is 38.3 Å². The molecule has 0 aromatic carbocycles. The number of aryl methyl sites for hydroxylation is 1. The molecule has 3 heterocycles. The fourth-order valence-electron chi connectivity index (χ4n) is 2.66. The maximum Gasteiger partial charge on any atom is 0.253 e. The summed E-state index contributed by atoms with van der Waals surface area (Å²) in [5, 5.41) is 2.72. The summed E-state index contributed by atoms with van der Waals surface area (Å²) in [6, 6.07) is 7.85. The summed E-state index contributed by atoms with van der Waals surface area (Å²) < 4.78 is 27.8. The Morgan fingerprint density at radius 1 is 1.38 bits per heavy atom. The Morgan fingerprint density at radius 3 is 2.83 bits per heavy atom. The Bertz CT molecular complexity index is 866. The number of sulfonamides is 1. The Kier molecular flexibility index (Phi) is 5.05. The highest BCUT2D eigenvalue weighted by Gasteiger charge is 2.40. The van der Waals surface area contributed by atoms with Crippen molar-refractivity contribution in [1.29, 1.82) is 0 Å². The van der Waals surface area contributed by atoms with E-state index in [1.54, 1.807) is 24.3 Å². The van der Waals surface area contributed by atoms with E-state index in [2.05, 4.69) is 26.2 Å². The standard InChI is InChI=1S/C15H16BrN3O3S2/c1-10-4-2-6-13(17-10)18-15(20)11-5-3-9-19(11)24(21,22)14-8-7-12(16)23-14/h2,4,6-8,11H,3,5,9H2,1H3,(H,17,18,20)/t11-/m1/s1. The normalized spacial score (nSPS) is 18.7. The van der Waals surface area contributed by atoms with E-state index in [0.29, 0.717) is 25.2 Å². The van der Waals surface area contributed by atoms with E-state index in [-0.39, 0.29) is 10.1 Å². The molecule has 1 aliphatic heterocycles. The van der Waals surface area contributed by atoms with Crippen LogP contribution in [-0.4, -0.2) is 36.2 Å². The van der Waals surface area contributed by atoms with Gasteiger partial charge in [-0.2, -0.15) is 4.31 Å². The van der Waals surface area contributed by atoms with Gasteiger partial charge >= 0.3 is 0 Å². The van der Waals surface area contributed by atoms with Crippen LogP contribution < -0.4 is 5.32 Å². The van der Waals surface area contributed by atoms with Crippen molar-refractivity contribution < 1.29 is 13.2 Å². The van der Waals surface area contributed by atoms with Gasteiger partial charge in [0.15, 0.2) is 0 Å². The number of thiophene rings is 1. The highest BCUT2D eigenvalue weighted by atomic mass is 79.9. The number of anilines is 1. The van der Waals surface area contributed by atoms with Crippen molar-refractivity contribution in [3.8, 4) is 0 Å². The van der Waals surface area contributed by atoms with Crippen LogP contribution in [0.3, 0.4) is 0 Å². The van der Waals surface area contributed by atoms with E-state index in [0.717, 1.165) is 20.8 Å². The molecule has 1 fully saturated rings. The maximum atomic E-state index is 12.8. The number of pyridine rings is 1. The molecule has 24 heavy (non-hydrogen) atoms. The molecule has 2 aromatic heterocycles. The summed E-state index contributed by atoms with van der Waals surface area (Å²) >= 11 is 4.42. The molecule has 0 radical (unpaired) electrons. The number of nitrogens with zero attached hydrogens (tertiary/aromatic N) is 2. The first kappa shape index (κ1) is 17.5. The van der Waals surface area contributed by atoms with Crippen molar-refractivity contribution in [2.24, 2.45) is 0 Å². The SMILES string of the molecule is Cc1cccc(NC(=O)[C@H]2CCCN2S(=O)(=O)c2ccc(Br)s2)n1. The number of hydrogen-bond donors (Lipinski definition) is 1. The van der Waals surface area contributed by atoms with Gasteiger partial charge in [0.1, 0.15) is 16.1 Å². The van der Waals surface area contributed by atoms with Gasteiger partial charge in [0.05, 0.1) is 3.79 Å². The summed E-state index contributed by atoms with van der Waals surface area (Å²) in [6.07, 6.45) is 1.16. The lowest BCUT2D eigenvalue weighted by molar-refractivity contribution is -0.119. The Morgan fingerprint density at radius 2 is 2.17 bits per heavy atom. The van der Waals surface area contributed by atoms with Crippen molar-refractivity contribution in [3.05, 3.63) is 39.8 Å². The first-order valence-electron chi connectivity index (χ1n) is 7.39. The molecular formula is C15H16BrN3O3S2. The molecule has 0 bridgehead atoms. The monoisotopic (exact) mass is 429 g/mol. The molecule has 0 aliphatic carbocycles. The number of aromatic nitrogens is 1. The van der Waals surface area contributed by atoms with Gasteiger partial charge < -0.3 is 5.32 Å². The topological polar surface area (TPSA) is 79.4 Å². The molecule has 6 nitrogen and oxygen atoms in total. The lowest BCUT2D eigenvalue weighted by Crippen LogP contribution is -2.43. The number of rotatable bonds is 4. The van der Waals surface area contributed by atoms with E-state index in [1.165, 1.54) is 4.31 Å². The summed E-state index contributed by atoms with van der Waals surface area (Å²) in [4.78, 5) is 16.8. The van der Waals surface area contributed by atoms with Crippen LogP contribution in [0.4, 0.5) is 5.82 Å². The van der Waals surface area contributed by atoms with E-state index < -0.39 is 16.1 Å². The molecule has 0 spiro atoms. The molecule has 1 N–H and O–H groups in total. The highest BCUT2D eigenvalue weighted by molar-refractivity contribution is 9.11. The van der Waals surface area contributed by atoms with E-state index >= 15 is 0 Å². The van der Waals surface area contributed by atoms with Crippen LogP contribution in [0.25, 0.3) is 0 Å². The number of hydrogen-bond acceptors (Lipinski definition) is 5. The maximum absolute atomic E-state index is 12.8. The molecule has 3 rings (SSSR count). The van der Waals surface area contributed by atoms with Crippen molar-refractivity contribution in [1.82, 2.24) is 9.29 Å². The quantitative estimate of drug-likeness (QED) is 0.809. The number of carbonyl (C=O) groups excluding carboxylic acids is 1. The molecule has 0 saturated carbocycles.